The van der Waals surface area contributed by atoms with Crippen LogP contribution >= 0.6 is 11.6 Å². The van der Waals surface area contributed by atoms with E-state index in [0.717, 1.165) is 29.7 Å². The molecule has 2 aromatic rings. The normalized spacial score (nSPS) is 15.6. The molecule has 0 atom stereocenters. The third-order valence-electron chi connectivity index (χ3n) is 5.82. The summed E-state index contributed by atoms with van der Waals surface area (Å²) in [4.78, 5) is 13.0. The third-order valence-corrected chi connectivity index (χ3v) is 7.97. The standard InChI is InChI=1S/C23H29ClN2O4S/c1-4-16-7-6-8-17(5-2)22(16)25-23(27)18-11-13-26(14-12-18)31(28,29)21-15-19(24)9-10-20(21)30-3/h6-10,15,18H,4-5,11-14H2,1-3H3,(H,25,27). The van der Waals surface area contributed by atoms with Crippen LogP contribution < -0.4 is 10.1 Å². The number of halogens is 1. The molecule has 1 heterocycles. The largest absolute Gasteiger partial charge is 0.495 e. The fourth-order valence-electron chi connectivity index (χ4n) is 3.98. The van der Waals surface area contributed by atoms with E-state index >= 15 is 0 Å². The minimum Gasteiger partial charge on any atom is -0.495 e. The number of amides is 1. The van der Waals surface area contributed by atoms with Gasteiger partial charge in [-0.2, -0.15) is 4.31 Å². The van der Waals surface area contributed by atoms with Crippen LogP contribution in [0.2, 0.25) is 5.02 Å². The summed E-state index contributed by atoms with van der Waals surface area (Å²) in [5, 5.41) is 3.45. The Morgan fingerprint density at radius 1 is 1.13 bits per heavy atom. The smallest absolute Gasteiger partial charge is 0.246 e. The van der Waals surface area contributed by atoms with E-state index in [9.17, 15) is 13.2 Å². The number of sulfonamides is 1. The second kappa shape index (κ2) is 10.0. The first-order chi connectivity index (χ1) is 14.8. The molecule has 1 aliphatic heterocycles. The summed E-state index contributed by atoms with van der Waals surface area (Å²) in [5.41, 5.74) is 3.12. The molecule has 0 unspecified atom stereocenters. The number of carbonyl (C=O) groups is 1. The molecule has 3 rings (SSSR count). The summed E-state index contributed by atoms with van der Waals surface area (Å²) >= 11 is 6.02. The van der Waals surface area contributed by atoms with Crippen LogP contribution in [0.5, 0.6) is 5.75 Å². The Labute approximate surface area is 189 Å². The summed E-state index contributed by atoms with van der Waals surface area (Å²) < 4.78 is 32.9. The highest BCUT2D eigenvalue weighted by atomic mass is 35.5. The van der Waals surface area contributed by atoms with Crippen molar-refractivity contribution in [3.8, 4) is 5.75 Å². The minimum atomic E-state index is -3.76. The lowest BCUT2D eigenvalue weighted by Gasteiger charge is -2.31. The van der Waals surface area contributed by atoms with Crippen molar-refractivity contribution in [2.75, 3.05) is 25.5 Å². The van der Waals surface area contributed by atoms with Gasteiger partial charge in [0.15, 0.2) is 0 Å². The molecule has 0 saturated carbocycles. The lowest BCUT2D eigenvalue weighted by molar-refractivity contribution is -0.120. The number of hydrogen-bond donors (Lipinski definition) is 1. The molecule has 1 aliphatic rings. The van der Waals surface area contributed by atoms with Crippen LogP contribution in [-0.2, 0) is 27.7 Å². The number of hydrogen-bond acceptors (Lipinski definition) is 4. The predicted molar refractivity (Wildman–Crippen MR) is 123 cm³/mol. The van der Waals surface area contributed by atoms with Crippen LogP contribution in [0.25, 0.3) is 0 Å². The molecule has 0 spiro atoms. The number of carbonyl (C=O) groups excluding carboxylic acids is 1. The van der Waals surface area contributed by atoms with Gasteiger partial charge in [0.1, 0.15) is 10.6 Å². The van der Waals surface area contributed by atoms with Crippen LogP contribution in [0.4, 0.5) is 5.69 Å². The van der Waals surface area contributed by atoms with Gasteiger partial charge in [-0.1, -0.05) is 43.6 Å². The summed E-state index contributed by atoms with van der Waals surface area (Å²) in [5.74, 6) is -0.0251. The number of aryl methyl sites for hydroxylation is 2. The van der Waals surface area contributed by atoms with E-state index in [1.165, 1.54) is 17.5 Å². The second-order valence-corrected chi connectivity index (χ2v) is 9.96. The topological polar surface area (TPSA) is 75.7 Å². The lowest BCUT2D eigenvalue weighted by atomic mass is 9.96. The maximum absolute atomic E-state index is 13.1. The number of ether oxygens (including phenoxy) is 1. The number of benzene rings is 2. The number of piperidine rings is 1. The minimum absolute atomic E-state index is 0.0482. The molecule has 168 valence electrons. The molecule has 31 heavy (non-hydrogen) atoms. The summed E-state index contributed by atoms with van der Waals surface area (Å²) in [6.07, 6.45) is 2.59. The van der Waals surface area contributed by atoms with Gasteiger partial charge >= 0.3 is 0 Å². The van der Waals surface area contributed by atoms with Crippen molar-refractivity contribution < 1.29 is 17.9 Å². The number of methoxy groups -OCH3 is 1. The van der Waals surface area contributed by atoms with Crippen LogP contribution in [-0.4, -0.2) is 38.8 Å². The Hall–Kier alpha value is -2.09. The maximum Gasteiger partial charge on any atom is 0.246 e. The molecule has 1 saturated heterocycles. The molecule has 6 nitrogen and oxygen atoms in total. The lowest BCUT2D eigenvalue weighted by Crippen LogP contribution is -2.41. The first kappa shape index (κ1) is 23.6. The van der Waals surface area contributed by atoms with E-state index in [1.807, 2.05) is 18.2 Å². The van der Waals surface area contributed by atoms with Crippen molar-refractivity contribution in [2.45, 2.75) is 44.4 Å². The fraction of sp³-hybridized carbons (Fsp3) is 0.435. The monoisotopic (exact) mass is 464 g/mol. The van der Waals surface area contributed by atoms with Gasteiger partial charge in [-0.25, -0.2) is 8.42 Å². The van der Waals surface area contributed by atoms with Gasteiger partial charge in [0.2, 0.25) is 15.9 Å². The molecule has 2 aromatic carbocycles. The van der Waals surface area contributed by atoms with E-state index in [0.29, 0.717) is 17.9 Å². The maximum atomic E-state index is 13.1. The van der Waals surface area contributed by atoms with Crippen molar-refractivity contribution in [1.29, 1.82) is 0 Å². The predicted octanol–water partition coefficient (Wildman–Crippen LogP) is 4.51. The molecular formula is C23H29ClN2O4S. The first-order valence-electron chi connectivity index (χ1n) is 10.6. The quantitative estimate of drug-likeness (QED) is 0.654. The molecule has 8 heteroatoms. The van der Waals surface area contributed by atoms with E-state index in [-0.39, 0.29) is 35.6 Å². The van der Waals surface area contributed by atoms with Crippen LogP contribution in [0, 0.1) is 5.92 Å². The highest BCUT2D eigenvalue weighted by Crippen LogP contribution is 2.32. The highest BCUT2D eigenvalue weighted by Gasteiger charge is 2.34. The molecule has 0 bridgehead atoms. The Balaban J connectivity index is 1.71. The van der Waals surface area contributed by atoms with Crippen molar-refractivity contribution in [3.05, 3.63) is 52.5 Å². The molecule has 0 radical (unpaired) electrons. The number of nitrogens with one attached hydrogen (secondary N) is 1. The zero-order valence-corrected chi connectivity index (χ0v) is 19.7. The Morgan fingerprint density at radius 2 is 1.74 bits per heavy atom. The average molecular weight is 465 g/mol. The summed E-state index contributed by atoms with van der Waals surface area (Å²) in [6, 6.07) is 10.6. The van der Waals surface area contributed by atoms with E-state index in [2.05, 4.69) is 19.2 Å². The van der Waals surface area contributed by atoms with Crippen LogP contribution in [0.1, 0.15) is 37.8 Å². The molecular weight excluding hydrogens is 436 g/mol. The molecule has 0 aromatic heterocycles. The number of para-hydroxylation sites is 1. The van der Waals surface area contributed by atoms with E-state index in [4.69, 9.17) is 16.3 Å². The number of nitrogens with zero attached hydrogens (tertiary/aromatic N) is 1. The van der Waals surface area contributed by atoms with Gasteiger partial charge in [-0.3, -0.25) is 4.79 Å². The first-order valence-corrected chi connectivity index (χ1v) is 12.4. The van der Waals surface area contributed by atoms with Crippen molar-refractivity contribution >= 4 is 33.2 Å². The molecule has 1 amide bonds. The molecule has 1 N–H and O–H groups in total. The molecule has 1 fully saturated rings. The zero-order valence-electron chi connectivity index (χ0n) is 18.2. The van der Waals surface area contributed by atoms with Gasteiger partial charge in [0.05, 0.1) is 7.11 Å². The van der Waals surface area contributed by atoms with E-state index < -0.39 is 10.0 Å². The van der Waals surface area contributed by atoms with Gasteiger partial charge < -0.3 is 10.1 Å². The summed E-state index contributed by atoms with van der Waals surface area (Å²) in [7, 11) is -2.34. The summed E-state index contributed by atoms with van der Waals surface area (Å²) in [6.45, 7) is 4.67. The van der Waals surface area contributed by atoms with Gasteiger partial charge in [-0.15, -0.1) is 0 Å². The van der Waals surface area contributed by atoms with Gasteiger partial charge in [0, 0.05) is 29.7 Å². The average Bonchev–Trinajstić information content (AvgIpc) is 2.79. The van der Waals surface area contributed by atoms with Gasteiger partial charge in [-0.05, 0) is 55.0 Å². The van der Waals surface area contributed by atoms with Crippen LogP contribution in [0.15, 0.2) is 41.3 Å². The van der Waals surface area contributed by atoms with Crippen LogP contribution in [0.3, 0.4) is 0 Å². The molecule has 0 aliphatic carbocycles. The number of rotatable bonds is 7. The fourth-order valence-corrected chi connectivity index (χ4v) is 5.87. The van der Waals surface area contributed by atoms with Crippen molar-refractivity contribution in [3.63, 3.8) is 0 Å². The highest BCUT2D eigenvalue weighted by molar-refractivity contribution is 7.89. The Bertz CT molecular complexity index is 1030. The van der Waals surface area contributed by atoms with Crippen molar-refractivity contribution in [2.24, 2.45) is 5.92 Å². The van der Waals surface area contributed by atoms with Crippen molar-refractivity contribution in [1.82, 2.24) is 4.31 Å². The SMILES string of the molecule is CCc1cccc(CC)c1NC(=O)C1CCN(S(=O)(=O)c2cc(Cl)ccc2OC)CC1. The number of anilines is 1. The Kier molecular flexibility index (Phi) is 7.62. The second-order valence-electron chi connectivity index (χ2n) is 7.62. The van der Waals surface area contributed by atoms with E-state index in [1.54, 1.807) is 12.1 Å². The third kappa shape index (κ3) is 5.05. The Morgan fingerprint density at radius 3 is 2.29 bits per heavy atom. The zero-order chi connectivity index (χ0) is 22.6. The van der Waals surface area contributed by atoms with Gasteiger partial charge in [0.25, 0.3) is 0 Å².